The second kappa shape index (κ2) is 4.97. The highest BCUT2D eigenvalue weighted by atomic mass is 32.2. The summed E-state index contributed by atoms with van der Waals surface area (Å²) < 4.78 is 0. The summed E-state index contributed by atoms with van der Waals surface area (Å²) in [5.41, 5.74) is 1.25. The van der Waals surface area contributed by atoms with Crippen molar-refractivity contribution in [3.63, 3.8) is 0 Å². The summed E-state index contributed by atoms with van der Waals surface area (Å²) >= 11 is 1.67. The molecule has 0 fully saturated rings. The first-order chi connectivity index (χ1) is 6.27. The Bertz CT molecular complexity index is 274. The highest BCUT2D eigenvalue weighted by Gasteiger charge is 2.09. The van der Waals surface area contributed by atoms with Crippen LogP contribution in [-0.2, 0) is 0 Å². The Morgan fingerprint density at radius 2 is 2.38 bits per heavy atom. The molecule has 1 nitrogen and oxygen atoms in total. The third-order valence-electron chi connectivity index (χ3n) is 1.78. The first kappa shape index (κ1) is 10.2. The van der Waals surface area contributed by atoms with E-state index in [1.165, 1.54) is 10.5 Å². The van der Waals surface area contributed by atoms with E-state index >= 15 is 0 Å². The normalized spacial score (nSPS) is 17.8. The molecule has 1 N–H and O–H groups in total. The Kier molecular flexibility index (Phi) is 3.90. The van der Waals surface area contributed by atoms with Gasteiger partial charge in [-0.15, -0.1) is 0 Å². The van der Waals surface area contributed by atoms with Crippen molar-refractivity contribution < 1.29 is 0 Å². The standard InChI is InChI=1S/C11H15NS/c1-4-6-7-11-10(5-2)8-12-9(3)13-11/h5-7,12H,2-4,8H2,1H3/b7-6-. The van der Waals surface area contributed by atoms with Crippen molar-refractivity contribution in [2.75, 3.05) is 6.54 Å². The molecule has 0 spiro atoms. The fourth-order valence-corrected chi connectivity index (χ4v) is 1.91. The van der Waals surface area contributed by atoms with Crippen LogP contribution in [0.25, 0.3) is 0 Å². The van der Waals surface area contributed by atoms with Gasteiger partial charge >= 0.3 is 0 Å². The summed E-state index contributed by atoms with van der Waals surface area (Å²) in [6.07, 6.45) is 7.27. The molecule has 0 aromatic rings. The lowest BCUT2D eigenvalue weighted by Crippen LogP contribution is -2.18. The molecule has 0 unspecified atom stereocenters. The Morgan fingerprint density at radius 1 is 1.62 bits per heavy atom. The van der Waals surface area contributed by atoms with E-state index in [1.54, 1.807) is 11.8 Å². The van der Waals surface area contributed by atoms with Gasteiger partial charge in [-0.1, -0.05) is 50.1 Å². The fraction of sp³-hybridized carbons (Fsp3) is 0.273. The van der Waals surface area contributed by atoms with E-state index in [4.69, 9.17) is 0 Å². The van der Waals surface area contributed by atoms with Crippen molar-refractivity contribution in [1.29, 1.82) is 0 Å². The van der Waals surface area contributed by atoms with E-state index in [1.807, 2.05) is 6.08 Å². The summed E-state index contributed by atoms with van der Waals surface area (Å²) in [6.45, 7) is 10.7. The van der Waals surface area contributed by atoms with E-state index in [2.05, 4.69) is 37.6 Å². The van der Waals surface area contributed by atoms with E-state index in [0.29, 0.717) is 0 Å². The molecule has 1 heterocycles. The number of rotatable bonds is 3. The summed E-state index contributed by atoms with van der Waals surface area (Å²) in [5.74, 6) is 0. The van der Waals surface area contributed by atoms with Gasteiger partial charge in [-0.3, -0.25) is 0 Å². The Hall–Kier alpha value is -0.890. The molecule has 0 aliphatic carbocycles. The zero-order chi connectivity index (χ0) is 9.68. The first-order valence-electron chi connectivity index (χ1n) is 4.40. The molecule has 0 radical (unpaired) electrons. The van der Waals surface area contributed by atoms with Gasteiger partial charge < -0.3 is 5.32 Å². The van der Waals surface area contributed by atoms with Crippen molar-refractivity contribution in [2.24, 2.45) is 0 Å². The molecule has 1 aliphatic heterocycles. The zero-order valence-electron chi connectivity index (χ0n) is 7.97. The molecule has 0 aromatic carbocycles. The molecule has 0 saturated heterocycles. The minimum absolute atomic E-state index is 0.846. The van der Waals surface area contributed by atoms with Crippen LogP contribution < -0.4 is 5.32 Å². The van der Waals surface area contributed by atoms with Gasteiger partial charge in [-0.25, -0.2) is 0 Å². The van der Waals surface area contributed by atoms with Gasteiger partial charge in [0, 0.05) is 11.4 Å². The maximum atomic E-state index is 3.89. The van der Waals surface area contributed by atoms with Crippen LogP contribution in [0.2, 0.25) is 0 Å². The van der Waals surface area contributed by atoms with Gasteiger partial charge in [0.2, 0.25) is 0 Å². The lowest BCUT2D eigenvalue weighted by Gasteiger charge is -2.18. The minimum Gasteiger partial charge on any atom is -0.376 e. The smallest absolute Gasteiger partial charge is 0.0659 e. The van der Waals surface area contributed by atoms with Gasteiger partial charge in [0.15, 0.2) is 0 Å². The number of nitrogens with one attached hydrogen (secondary N) is 1. The molecule has 2 heteroatoms. The summed E-state index contributed by atoms with van der Waals surface area (Å²) in [7, 11) is 0. The average Bonchev–Trinajstić information content (AvgIpc) is 2.15. The van der Waals surface area contributed by atoms with Crippen LogP contribution in [0.4, 0.5) is 0 Å². The van der Waals surface area contributed by atoms with Gasteiger partial charge in [0.25, 0.3) is 0 Å². The number of allylic oxidation sites excluding steroid dienone is 2. The van der Waals surface area contributed by atoms with Crippen LogP contribution in [0.3, 0.4) is 0 Å². The Balaban J connectivity index is 2.83. The topological polar surface area (TPSA) is 12.0 Å². The van der Waals surface area contributed by atoms with Crippen LogP contribution in [0, 0.1) is 0 Å². The maximum absolute atomic E-state index is 3.89. The van der Waals surface area contributed by atoms with Crippen LogP contribution in [0.1, 0.15) is 13.3 Å². The van der Waals surface area contributed by atoms with Crippen LogP contribution >= 0.6 is 11.8 Å². The number of thioether (sulfide) groups is 1. The molecule has 0 bridgehead atoms. The Morgan fingerprint density at radius 3 is 3.00 bits per heavy atom. The fourth-order valence-electron chi connectivity index (χ4n) is 1.05. The molecular formula is C11H15NS. The van der Waals surface area contributed by atoms with Crippen LogP contribution in [0.15, 0.2) is 46.9 Å². The molecule has 0 atom stereocenters. The second-order valence-corrected chi connectivity index (χ2v) is 3.92. The number of hydrogen-bond acceptors (Lipinski definition) is 2. The van der Waals surface area contributed by atoms with Crippen LogP contribution in [0.5, 0.6) is 0 Å². The predicted octanol–water partition coefficient (Wildman–Crippen LogP) is 3.20. The first-order valence-corrected chi connectivity index (χ1v) is 5.22. The van der Waals surface area contributed by atoms with Gasteiger partial charge in [-0.2, -0.15) is 0 Å². The van der Waals surface area contributed by atoms with Gasteiger partial charge in [0.05, 0.1) is 5.03 Å². The quantitative estimate of drug-likeness (QED) is 0.738. The highest BCUT2D eigenvalue weighted by Crippen LogP contribution is 2.30. The molecule has 1 aliphatic rings. The molecular weight excluding hydrogens is 178 g/mol. The highest BCUT2D eigenvalue weighted by molar-refractivity contribution is 8.06. The van der Waals surface area contributed by atoms with Gasteiger partial charge in [-0.05, 0) is 12.0 Å². The Labute approximate surface area is 84.3 Å². The summed E-state index contributed by atoms with van der Waals surface area (Å²) in [6, 6.07) is 0. The van der Waals surface area contributed by atoms with Crippen molar-refractivity contribution in [2.45, 2.75) is 13.3 Å². The lowest BCUT2D eigenvalue weighted by molar-refractivity contribution is 0.933. The molecule has 0 amide bonds. The molecule has 1 rings (SSSR count). The van der Waals surface area contributed by atoms with E-state index < -0.39 is 0 Å². The largest absolute Gasteiger partial charge is 0.376 e. The monoisotopic (exact) mass is 193 g/mol. The zero-order valence-corrected chi connectivity index (χ0v) is 8.79. The molecule has 13 heavy (non-hydrogen) atoms. The van der Waals surface area contributed by atoms with Crippen molar-refractivity contribution >= 4 is 11.8 Å². The molecule has 70 valence electrons. The van der Waals surface area contributed by atoms with Gasteiger partial charge in [0.1, 0.15) is 0 Å². The molecule has 0 aromatic heterocycles. The van der Waals surface area contributed by atoms with Crippen molar-refractivity contribution in [3.05, 3.63) is 46.9 Å². The second-order valence-electron chi connectivity index (χ2n) is 2.78. The summed E-state index contributed by atoms with van der Waals surface area (Å²) in [4.78, 5) is 1.26. The van der Waals surface area contributed by atoms with Crippen molar-refractivity contribution in [3.8, 4) is 0 Å². The predicted molar refractivity (Wildman–Crippen MR) is 61.4 cm³/mol. The van der Waals surface area contributed by atoms with Crippen LogP contribution in [-0.4, -0.2) is 6.54 Å². The SMILES string of the molecule is C=CC1=C(/C=C\CC)SC(=C)NC1. The molecule has 0 saturated carbocycles. The third-order valence-corrected chi connectivity index (χ3v) is 2.79. The number of hydrogen-bond donors (Lipinski definition) is 1. The lowest BCUT2D eigenvalue weighted by atomic mass is 10.2. The summed E-state index contributed by atoms with van der Waals surface area (Å²) in [5, 5.41) is 4.21. The third kappa shape index (κ3) is 2.81. The van der Waals surface area contributed by atoms with E-state index in [9.17, 15) is 0 Å². The van der Waals surface area contributed by atoms with E-state index in [-0.39, 0.29) is 0 Å². The van der Waals surface area contributed by atoms with E-state index in [0.717, 1.165) is 18.0 Å². The minimum atomic E-state index is 0.846. The van der Waals surface area contributed by atoms with Crippen molar-refractivity contribution in [1.82, 2.24) is 5.32 Å². The maximum Gasteiger partial charge on any atom is 0.0659 e. The average molecular weight is 193 g/mol.